The molecule has 0 N–H and O–H groups in total. The minimum atomic E-state index is 0.787. The SMILES string of the molecule is CC#N.N#CCC1CC1. The highest BCUT2D eigenvalue weighted by Gasteiger charge is 2.19. The van der Waals surface area contributed by atoms with E-state index < -0.39 is 0 Å². The zero-order valence-electron chi connectivity index (χ0n) is 5.59. The quantitative estimate of drug-likeness (QED) is 0.532. The van der Waals surface area contributed by atoms with Gasteiger partial charge in [0.25, 0.3) is 0 Å². The van der Waals surface area contributed by atoms with Gasteiger partial charge in [0.05, 0.1) is 12.1 Å². The molecule has 0 aromatic carbocycles. The summed E-state index contributed by atoms with van der Waals surface area (Å²) in [4.78, 5) is 0. The van der Waals surface area contributed by atoms with Crippen LogP contribution < -0.4 is 0 Å². The van der Waals surface area contributed by atoms with Gasteiger partial charge in [0.15, 0.2) is 0 Å². The lowest BCUT2D eigenvalue weighted by Gasteiger charge is -1.70. The van der Waals surface area contributed by atoms with E-state index in [0.29, 0.717) is 0 Å². The maximum Gasteiger partial charge on any atom is 0.0624 e. The van der Waals surface area contributed by atoms with Gasteiger partial charge in [-0.2, -0.15) is 10.5 Å². The molecule has 0 heterocycles. The first-order valence-corrected chi connectivity index (χ1v) is 3.03. The summed E-state index contributed by atoms with van der Waals surface area (Å²) >= 11 is 0. The van der Waals surface area contributed by atoms with Crippen LogP contribution >= 0.6 is 0 Å². The monoisotopic (exact) mass is 122 g/mol. The van der Waals surface area contributed by atoms with E-state index in [1.165, 1.54) is 19.8 Å². The van der Waals surface area contributed by atoms with E-state index in [-0.39, 0.29) is 0 Å². The van der Waals surface area contributed by atoms with Crippen LogP contribution in [0.1, 0.15) is 26.2 Å². The van der Waals surface area contributed by atoms with Crippen molar-refractivity contribution in [1.29, 1.82) is 10.5 Å². The number of hydrogen-bond donors (Lipinski definition) is 0. The zero-order valence-corrected chi connectivity index (χ0v) is 5.59. The van der Waals surface area contributed by atoms with E-state index in [4.69, 9.17) is 10.5 Å². The lowest BCUT2D eigenvalue weighted by molar-refractivity contribution is 0.873. The molecular formula is C7H10N2. The van der Waals surface area contributed by atoms with Gasteiger partial charge in [-0.1, -0.05) is 0 Å². The Kier molecular flexibility index (Phi) is 4.54. The molecule has 2 nitrogen and oxygen atoms in total. The number of rotatable bonds is 1. The highest BCUT2D eigenvalue weighted by atomic mass is 14.3. The van der Waals surface area contributed by atoms with Gasteiger partial charge in [0.1, 0.15) is 0 Å². The first-order valence-electron chi connectivity index (χ1n) is 3.03. The second kappa shape index (κ2) is 5.12. The molecule has 1 rings (SSSR count). The molecule has 9 heavy (non-hydrogen) atoms. The number of hydrogen-bond acceptors (Lipinski definition) is 2. The highest BCUT2D eigenvalue weighted by Crippen LogP contribution is 2.31. The molecule has 2 heteroatoms. The molecule has 0 aromatic heterocycles. The van der Waals surface area contributed by atoms with E-state index in [1.807, 2.05) is 0 Å². The Labute approximate surface area is 55.7 Å². The Morgan fingerprint density at radius 1 is 1.44 bits per heavy atom. The van der Waals surface area contributed by atoms with Crippen molar-refractivity contribution < 1.29 is 0 Å². The Balaban J connectivity index is 0.000000187. The summed E-state index contributed by atoms with van der Waals surface area (Å²) in [5.41, 5.74) is 0. The molecule has 1 aliphatic rings. The molecule has 1 aliphatic carbocycles. The van der Waals surface area contributed by atoms with Gasteiger partial charge < -0.3 is 0 Å². The van der Waals surface area contributed by atoms with Gasteiger partial charge in [-0.3, -0.25) is 0 Å². The third-order valence-electron chi connectivity index (χ3n) is 1.08. The third-order valence-corrected chi connectivity index (χ3v) is 1.08. The van der Waals surface area contributed by atoms with Gasteiger partial charge in [-0.15, -0.1) is 0 Å². The summed E-state index contributed by atoms with van der Waals surface area (Å²) < 4.78 is 0. The van der Waals surface area contributed by atoms with E-state index in [9.17, 15) is 0 Å². The molecule has 0 aliphatic heterocycles. The van der Waals surface area contributed by atoms with Gasteiger partial charge in [-0.05, 0) is 18.8 Å². The molecule has 1 saturated carbocycles. The molecule has 0 amide bonds. The van der Waals surface area contributed by atoms with Crippen LogP contribution in [0.5, 0.6) is 0 Å². The molecule has 0 saturated heterocycles. The van der Waals surface area contributed by atoms with Crippen LogP contribution in [0.4, 0.5) is 0 Å². The van der Waals surface area contributed by atoms with Crippen LogP contribution in [0.15, 0.2) is 0 Å². The van der Waals surface area contributed by atoms with E-state index in [0.717, 1.165) is 12.3 Å². The highest BCUT2D eigenvalue weighted by molar-refractivity contribution is 4.83. The summed E-state index contributed by atoms with van der Waals surface area (Å²) in [5.74, 6) is 0.787. The van der Waals surface area contributed by atoms with Crippen LogP contribution in [0.25, 0.3) is 0 Å². The molecule has 0 radical (unpaired) electrons. The van der Waals surface area contributed by atoms with Crippen molar-refractivity contribution in [2.45, 2.75) is 26.2 Å². The predicted octanol–water partition coefficient (Wildman–Crippen LogP) is 1.84. The summed E-state index contributed by atoms with van der Waals surface area (Å²) in [5, 5.41) is 15.3. The standard InChI is InChI=1S/C5H7N.C2H3N/c6-4-3-5-1-2-5;1-2-3/h5H,1-3H2;1H3. The van der Waals surface area contributed by atoms with Crippen molar-refractivity contribution in [3.8, 4) is 12.1 Å². The summed E-state index contributed by atoms with van der Waals surface area (Å²) in [6.07, 6.45) is 3.39. The molecule has 0 aromatic rings. The average Bonchev–Trinajstić information content (AvgIpc) is 2.53. The minimum absolute atomic E-state index is 0.787. The summed E-state index contributed by atoms with van der Waals surface area (Å²) in [6.45, 7) is 1.43. The lowest BCUT2D eigenvalue weighted by Crippen LogP contribution is -1.64. The molecule has 48 valence electrons. The maximum absolute atomic E-state index is 8.03. The van der Waals surface area contributed by atoms with Crippen molar-refractivity contribution in [3.63, 3.8) is 0 Å². The molecule has 0 bridgehead atoms. The van der Waals surface area contributed by atoms with Gasteiger partial charge in [0, 0.05) is 13.3 Å². The second-order valence-electron chi connectivity index (χ2n) is 2.03. The predicted molar refractivity (Wildman–Crippen MR) is 34.2 cm³/mol. The first kappa shape index (κ1) is 7.98. The third kappa shape index (κ3) is 6.98. The van der Waals surface area contributed by atoms with Crippen molar-refractivity contribution in [2.75, 3.05) is 0 Å². The average molecular weight is 122 g/mol. The summed E-state index contributed by atoms with van der Waals surface area (Å²) in [7, 11) is 0. The van der Waals surface area contributed by atoms with Crippen molar-refractivity contribution in [1.82, 2.24) is 0 Å². The fourth-order valence-corrected chi connectivity index (χ4v) is 0.451. The smallest absolute Gasteiger partial charge is 0.0624 e. The molecule has 1 fully saturated rings. The molecule has 0 unspecified atom stereocenters. The van der Waals surface area contributed by atoms with Crippen LogP contribution in [0.2, 0.25) is 0 Å². The van der Waals surface area contributed by atoms with Gasteiger partial charge in [0.2, 0.25) is 0 Å². The Hall–Kier alpha value is -1.02. The Morgan fingerprint density at radius 3 is 2.00 bits per heavy atom. The second-order valence-corrected chi connectivity index (χ2v) is 2.03. The van der Waals surface area contributed by atoms with Crippen molar-refractivity contribution in [2.24, 2.45) is 5.92 Å². The Morgan fingerprint density at radius 2 is 1.89 bits per heavy atom. The van der Waals surface area contributed by atoms with Gasteiger partial charge >= 0.3 is 0 Å². The summed E-state index contributed by atoms with van der Waals surface area (Å²) in [6, 6.07) is 3.88. The van der Waals surface area contributed by atoms with E-state index >= 15 is 0 Å². The lowest BCUT2D eigenvalue weighted by atomic mass is 10.3. The molecule has 0 spiro atoms. The fourth-order valence-electron chi connectivity index (χ4n) is 0.451. The normalized spacial score (nSPS) is 14.1. The van der Waals surface area contributed by atoms with Gasteiger partial charge in [-0.25, -0.2) is 0 Å². The van der Waals surface area contributed by atoms with Crippen LogP contribution in [0, 0.1) is 28.6 Å². The maximum atomic E-state index is 8.03. The largest absolute Gasteiger partial charge is 0.199 e. The van der Waals surface area contributed by atoms with Crippen molar-refractivity contribution >= 4 is 0 Å². The number of nitrogens with zero attached hydrogens (tertiary/aromatic N) is 2. The van der Waals surface area contributed by atoms with Crippen LogP contribution in [-0.2, 0) is 0 Å². The Bertz CT molecular complexity index is 134. The topological polar surface area (TPSA) is 47.6 Å². The molecular weight excluding hydrogens is 112 g/mol. The minimum Gasteiger partial charge on any atom is -0.199 e. The fraction of sp³-hybridized carbons (Fsp3) is 0.714. The molecule has 0 atom stereocenters. The van der Waals surface area contributed by atoms with E-state index in [2.05, 4.69) is 6.07 Å². The van der Waals surface area contributed by atoms with E-state index in [1.54, 1.807) is 6.07 Å². The van der Waals surface area contributed by atoms with Crippen LogP contribution in [-0.4, -0.2) is 0 Å². The first-order chi connectivity index (χ1) is 4.35. The number of nitriles is 2. The van der Waals surface area contributed by atoms with Crippen LogP contribution in [0.3, 0.4) is 0 Å². The zero-order chi connectivity index (χ0) is 7.11. The van der Waals surface area contributed by atoms with Crippen molar-refractivity contribution in [3.05, 3.63) is 0 Å².